The Kier molecular flexibility index (Phi) is 7.58. The van der Waals surface area contributed by atoms with Crippen molar-refractivity contribution in [2.75, 3.05) is 7.11 Å². The van der Waals surface area contributed by atoms with Crippen LogP contribution in [0.25, 0.3) is 10.8 Å². The molecule has 8 heteroatoms. The van der Waals surface area contributed by atoms with Crippen molar-refractivity contribution in [3.8, 4) is 11.5 Å². The number of methoxy groups -OCH3 is 1. The van der Waals surface area contributed by atoms with Crippen LogP contribution in [0, 0.1) is 0 Å². The third-order valence-electron chi connectivity index (χ3n) is 5.01. The molecule has 0 spiro atoms. The highest BCUT2D eigenvalue weighted by Gasteiger charge is 2.14. The number of amides is 1. The molecule has 4 aromatic rings. The molecule has 0 atom stereocenters. The summed E-state index contributed by atoms with van der Waals surface area (Å²) in [5.41, 5.74) is 4.41. The fourth-order valence-corrected chi connectivity index (χ4v) is 4.06. The number of ether oxygens (including phenoxy) is 2. The Labute approximate surface area is 211 Å². The zero-order valence-corrected chi connectivity index (χ0v) is 20.3. The zero-order valence-electron chi connectivity index (χ0n) is 18.0. The largest absolute Gasteiger partial charge is 0.496 e. The lowest BCUT2D eigenvalue weighted by atomic mass is 10.1. The number of carbonyl (C=O) groups is 1. The van der Waals surface area contributed by atoms with Crippen LogP contribution in [-0.2, 0) is 6.61 Å². The maximum absolute atomic E-state index is 12.7. The van der Waals surface area contributed by atoms with E-state index in [2.05, 4.69) is 10.5 Å². The molecule has 0 unspecified atom stereocenters. The highest BCUT2D eigenvalue weighted by molar-refractivity contribution is 6.37. The van der Waals surface area contributed by atoms with E-state index in [1.54, 1.807) is 30.3 Å². The van der Waals surface area contributed by atoms with Crippen LogP contribution in [0.5, 0.6) is 11.5 Å². The summed E-state index contributed by atoms with van der Waals surface area (Å²) in [6, 6.07) is 21.9. The molecule has 1 N–H and O–H groups in total. The van der Waals surface area contributed by atoms with Gasteiger partial charge in [-0.1, -0.05) is 71.2 Å². The average Bonchev–Trinajstić information content (AvgIpc) is 2.83. The summed E-state index contributed by atoms with van der Waals surface area (Å²) in [6.45, 7) is 0.285. The van der Waals surface area contributed by atoms with Crippen molar-refractivity contribution >= 4 is 57.7 Å². The van der Waals surface area contributed by atoms with Gasteiger partial charge < -0.3 is 9.47 Å². The van der Waals surface area contributed by atoms with Crippen LogP contribution in [0.15, 0.2) is 77.9 Å². The molecular formula is C26H19Cl3N2O3. The quantitative estimate of drug-likeness (QED) is 0.211. The summed E-state index contributed by atoms with van der Waals surface area (Å²) < 4.78 is 11.2. The van der Waals surface area contributed by atoms with Crippen molar-refractivity contribution < 1.29 is 14.3 Å². The van der Waals surface area contributed by atoms with E-state index in [-0.39, 0.29) is 6.61 Å². The molecule has 1 amide bonds. The van der Waals surface area contributed by atoms with E-state index in [0.717, 1.165) is 16.3 Å². The second-order valence-corrected chi connectivity index (χ2v) is 8.58. The fraction of sp³-hybridized carbons (Fsp3) is 0.0769. The Hall–Kier alpha value is -3.25. The van der Waals surface area contributed by atoms with Gasteiger partial charge >= 0.3 is 0 Å². The molecule has 0 aliphatic heterocycles. The minimum atomic E-state index is -0.404. The predicted octanol–water partition coefficient (Wildman–Crippen LogP) is 7.15. The Morgan fingerprint density at radius 1 is 0.941 bits per heavy atom. The Bertz CT molecular complexity index is 1350. The van der Waals surface area contributed by atoms with E-state index in [4.69, 9.17) is 44.3 Å². The first kappa shape index (κ1) is 23.9. The third-order valence-corrected chi connectivity index (χ3v) is 5.82. The van der Waals surface area contributed by atoms with Crippen LogP contribution < -0.4 is 14.9 Å². The van der Waals surface area contributed by atoms with Crippen LogP contribution in [0.3, 0.4) is 0 Å². The molecule has 4 aromatic carbocycles. The minimum Gasteiger partial charge on any atom is -0.496 e. The monoisotopic (exact) mass is 512 g/mol. The van der Waals surface area contributed by atoms with Gasteiger partial charge in [0.15, 0.2) is 5.75 Å². The van der Waals surface area contributed by atoms with Crippen LogP contribution in [0.1, 0.15) is 21.5 Å². The van der Waals surface area contributed by atoms with Crippen molar-refractivity contribution in [2.24, 2.45) is 5.10 Å². The van der Waals surface area contributed by atoms with Crippen molar-refractivity contribution in [1.29, 1.82) is 0 Å². The highest BCUT2D eigenvalue weighted by atomic mass is 35.5. The number of hydrogen-bond donors (Lipinski definition) is 1. The average molecular weight is 514 g/mol. The first-order valence-corrected chi connectivity index (χ1v) is 11.3. The maximum Gasteiger partial charge on any atom is 0.275 e. The SMILES string of the molecule is COc1cc2ccccc2cc1C(=O)N/N=C\c1cc(Cl)c(OCc2ccc(Cl)cc2)c(Cl)c1. The summed E-state index contributed by atoms with van der Waals surface area (Å²) in [5.74, 6) is 0.416. The van der Waals surface area contributed by atoms with E-state index < -0.39 is 5.91 Å². The molecule has 0 saturated carbocycles. The predicted molar refractivity (Wildman–Crippen MR) is 138 cm³/mol. The van der Waals surface area contributed by atoms with Crippen LogP contribution >= 0.6 is 34.8 Å². The second kappa shape index (κ2) is 10.8. The Morgan fingerprint density at radius 2 is 1.59 bits per heavy atom. The number of nitrogens with one attached hydrogen (secondary N) is 1. The summed E-state index contributed by atoms with van der Waals surface area (Å²) in [6.07, 6.45) is 1.45. The van der Waals surface area contributed by atoms with E-state index in [9.17, 15) is 4.79 Å². The molecule has 34 heavy (non-hydrogen) atoms. The van der Waals surface area contributed by atoms with Gasteiger partial charge in [-0.2, -0.15) is 5.10 Å². The van der Waals surface area contributed by atoms with Crippen molar-refractivity contribution in [2.45, 2.75) is 6.61 Å². The molecule has 0 aromatic heterocycles. The second-order valence-electron chi connectivity index (χ2n) is 7.33. The number of hydrazone groups is 1. The standard InChI is InChI=1S/C26H19Cl3N2O3/c1-33-24-13-19-5-3-2-4-18(19)12-21(24)26(32)31-30-14-17-10-22(28)25(23(29)11-17)34-15-16-6-8-20(27)9-7-16/h2-14H,15H2,1H3,(H,31,32)/b30-14-. The topological polar surface area (TPSA) is 59.9 Å². The van der Waals surface area contributed by atoms with Crippen LogP contribution in [-0.4, -0.2) is 19.2 Å². The smallest absolute Gasteiger partial charge is 0.275 e. The van der Waals surface area contributed by atoms with E-state index in [0.29, 0.717) is 37.7 Å². The normalized spacial score (nSPS) is 11.1. The molecule has 0 bridgehead atoms. The number of carbonyl (C=O) groups excluding carboxylic acids is 1. The first-order chi connectivity index (χ1) is 16.4. The number of nitrogens with zero attached hydrogens (tertiary/aromatic N) is 1. The van der Waals surface area contributed by atoms with Gasteiger partial charge in [0.1, 0.15) is 12.4 Å². The summed E-state index contributed by atoms with van der Waals surface area (Å²) in [5, 5.41) is 7.23. The van der Waals surface area contributed by atoms with Crippen molar-refractivity contribution in [3.63, 3.8) is 0 Å². The first-order valence-electron chi connectivity index (χ1n) is 10.2. The molecular weight excluding hydrogens is 495 g/mol. The molecule has 0 saturated heterocycles. The van der Waals surface area contributed by atoms with Gasteiger partial charge in [0, 0.05) is 5.02 Å². The van der Waals surface area contributed by atoms with Crippen LogP contribution in [0.2, 0.25) is 15.1 Å². The minimum absolute atomic E-state index is 0.285. The molecule has 4 rings (SSSR count). The van der Waals surface area contributed by atoms with Gasteiger partial charge in [-0.25, -0.2) is 5.43 Å². The van der Waals surface area contributed by atoms with Gasteiger partial charge in [-0.05, 0) is 58.3 Å². The molecule has 0 aliphatic rings. The summed E-state index contributed by atoms with van der Waals surface area (Å²) >= 11 is 18.6. The van der Waals surface area contributed by atoms with Gasteiger partial charge in [0.25, 0.3) is 5.91 Å². The molecule has 172 valence electrons. The van der Waals surface area contributed by atoms with Crippen LogP contribution in [0.4, 0.5) is 0 Å². The fourth-order valence-electron chi connectivity index (χ4n) is 3.32. The van der Waals surface area contributed by atoms with Crippen molar-refractivity contribution in [1.82, 2.24) is 5.43 Å². The van der Waals surface area contributed by atoms with Crippen molar-refractivity contribution in [3.05, 3.63) is 105 Å². The molecule has 0 fully saturated rings. The van der Waals surface area contributed by atoms with Gasteiger partial charge in [-0.15, -0.1) is 0 Å². The Balaban J connectivity index is 1.45. The molecule has 5 nitrogen and oxygen atoms in total. The maximum atomic E-state index is 12.7. The van der Waals surface area contributed by atoms with E-state index in [1.165, 1.54) is 13.3 Å². The number of halogens is 3. The number of hydrogen-bond acceptors (Lipinski definition) is 4. The Morgan fingerprint density at radius 3 is 2.24 bits per heavy atom. The lowest BCUT2D eigenvalue weighted by molar-refractivity contribution is 0.0952. The number of benzene rings is 4. The van der Waals surface area contributed by atoms with E-state index in [1.807, 2.05) is 42.5 Å². The molecule has 0 heterocycles. The lowest BCUT2D eigenvalue weighted by Crippen LogP contribution is -2.18. The van der Waals surface area contributed by atoms with Gasteiger partial charge in [0.05, 0.1) is 28.9 Å². The van der Waals surface area contributed by atoms with E-state index >= 15 is 0 Å². The molecule has 0 radical (unpaired) electrons. The zero-order chi connectivity index (χ0) is 24.1. The molecule has 0 aliphatic carbocycles. The van der Waals surface area contributed by atoms with Gasteiger partial charge in [-0.3, -0.25) is 4.79 Å². The lowest BCUT2D eigenvalue weighted by Gasteiger charge is -2.11. The number of fused-ring (bicyclic) bond motifs is 1. The number of rotatable bonds is 7. The highest BCUT2D eigenvalue weighted by Crippen LogP contribution is 2.34. The summed E-state index contributed by atoms with van der Waals surface area (Å²) in [4.78, 5) is 12.7. The summed E-state index contributed by atoms with van der Waals surface area (Å²) in [7, 11) is 1.52. The third kappa shape index (κ3) is 5.62. The van der Waals surface area contributed by atoms with Gasteiger partial charge in [0.2, 0.25) is 0 Å².